The van der Waals surface area contributed by atoms with Gasteiger partial charge in [-0.2, -0.15) is 22.7 Å². The van der Waals surface area contributed by atoms with Gasteiger partial charge in [-0.3, -0.25) is 14.6 Å². The van der Waals surface area contributed by atoms with Gasteiger partial charge in [0.25, 0.3) is 11.1 Å². The van der Waals surface area contributed by atoms with Crippen molar-refractivity contribution in [2.24, 2.45) is 0 Å². The number of hydrogen-bond donors (Lipinski definition) is 1. The molecule has 0 atom stereocenters. The molecule has 3 heterocycles. The molecular weight excluding hydrogens is 447 g/mol. The summed E-state index contributed by atoms with van der Waals surface area (Å²) in [7, 11) is 0. The maximum absolute atomic E-state index is 14.3. The number of benzene rings is 1. The molecule has 4 aromatic rings. The van der Waals surface area contributed by atoms with Gasteiger partial charge < -0.3 is 0 Å². The van der Waals surface area contributed by atoms with Crippen LogP contribution in [0.25, 0.3) is 11.3 Å². The minimum Gasteiger partial charge on any atom is -0.294 e. The lowest BCUT2D eigenvalue weighted by atomic mass is 10.1. The van der Waals surface area contributed by atoms with E-state index in [0.29, 0.717) is 14.8 Å². The highest BCUT2D eigenvalue weighted by Gasteiger charge is 2.30. The van der Waals surface area contributed by atoms with Crippen LogP contribution in [0.4, 0.5) is 22.0 Å². The average molecular weight is 456 g/mol. The molecule has 0 aliphatic rings. The van der Waals surface area contributed by atoms with Crippen molar-refractivity contribution in [1.82, 2.24) is 29.4 Å². The van der Waals surface area contributed by atoms with Crippen LogP contribution in [0, 0.1) is 11.8 Å². The number of hydrogen-bond acceptors (Lipinski definition) is 6. The highest BCUT2D eigenvalue weighted by Crippen LogP contribution is 2.30. The van der Waals surface area contributed by atoms with Gasteiger partial charge in [-0.1, -0.05) is 23.9 Å². The number of aromatic nitrogens is 6. The third-order valence-electron chi connectivity index (χ3n) is 4.08. The largest absolute Gasteiger partial charge is 0.416 e. The second-order valence-corrected chi connectivity index (χ2v) is 7.06. The molecular formula is C17H9F5N6O2S. The van der Waals surface area contributed by atoms with Crippen LogP contribution in [0.3, 0.4) is 0 Å². The Hall–Kier alpha value is -3.55. The van der Waals surface area contributed by atoms with E-state index in [1.165, 1.54) is 12.1 Å². The zero-order valence-corrected chi connectivity index (χ0v) is 15.8. The number of nitrogens with one attached hydrogen (secondary N) is 1. The Morgan fingerprint density at radius 2 is 1.77 bits per heavy atom. The first-order chi connectivity index (χ1) is 14.6. The first kappa shape index (κ1) is 20.7. The van der Waals surface area contributed by atoms with E-state index in [1.54, 1.807) is 0 Å². The molecule has 0 radical (unpaired) electrons. The maximum Gasteiger partial charge on any atom is 0.416 e. The van der Waals surface area contributed by atoms with Crippen LogP contribution in [-0.2, 0) is 11.9 Å². The molecule has 4 rings (SSSR count). The Labute approximate surface area is 172 Å². The summed E-state index contributed by atoms with van der Waals surface area (Å²) in [4.78, 5) is 29.5. The van der Waals surface area contributed by atoms with Gasteiger partial charge in [0.15, 0.2) is 22.3 Å². The van der Waals surface area contributed by atoms with Gasteiger partial charge in [-0.25, -0.2) is 13.9 Å². The number of fused-ring (bicyclic) bond motifs is 1. The first-order valence-corrected chi connectivity index (χ1v) is 9.34. The second kappa shape index (κ2) is 7.61. The summed E-state index contributed by atoms with van der Waals surface area (Å²) in [5.74, 6) is -2.85. The summed E-state index contributed by atoms with van der Waals surface area (Å²) in [6.45, 7) is 0. The molecule has 0 fully saturated rings. The standard InChI is InChI=1S/C17H9F5N6O2S/c18-10-5-24-28-12(10)15(30)27(14-13(19)25-11(29)6-23-14)16(26-28)31-7-8-1-3-9(4-2-8)17(20,21)22/h1-6H,7H2,(H,25,29). The molecule has 0 aliphatic heterocycles. The normalized spacial score (nSPS) is 11.9. The van der Waals surface area contributed by atoms with Crippen molar-refractivity contribution in [3.63, 3.8) is 0 Å². The van der Waals surface area contributed by atoms with Crippen LogP contribution < -0.4 is 11.1 Å². The van der Waals surface area contributed by atoms with Crippen molar-refractivity contribution in [1.29, 1.82) is 0 Å². The molecule has 0 saturated carbocycles. The van der Waals surface area contributed by atoms with Gasteiger partial charge >= 0.3 is 6.18 Å². The number of aromatic amines is 1. The molecule has 3 aromatic heterocycles. The van der Waals surface area contributed by atoms with Crippen molar-refractivity contribution in [2.45, 2.75) is 17.1 Å². The summed E-state index contributed by atoms with van der Waals surface area (Å²) < 4.78 is 67.8. The van der Waals surface area contributed by atoms with E-state index in [1.807, 2.05) is 4.98 Å². The van der Waals surface area contributed by atoms with Gasteiger partial charge in [0.2, 0.25) is 5.95 Å². The predicted molar refractivity (Wildman–Crippen MR) is 97.9 cm³/mol. The van der Waals surface area contributed by atoms with Crippen molar-refractivity contribution >= 4 is 17.3 Å². The summed E-state index contributed by atoms with van der Waals surface area (Å²) in [5, 5.41) is 7.41. The third-order valence-corrected chi connectivity index (χ3v) is 5.08. The SMILES string of the molecule is O=c1cnc(-n2c(SCc3ccc(C(F)(F)F)cc3)nn3ncc(F)c3c2=O)c(F)[nH]1. The van der Waals surface area contributed by atoms with Gasteiger partial charge in [-0.15, -0.1) is 9.73 Å². The van der Waals surface area contributed by atoms with Crippen LogP contribution in [0.2, 0.25) is 0 Å². The minimum absolute atomic E-state index is 0.0325. The summed E-state index contributed by atoms with van der Waals surface area (Å²) >= 11 is 0.848. The summed E-state index contributed by atoms with van der Waals surface area (Å²) in [6.07, 6.45) is -3.02. The molecule has 0 spiro atoms. The van der Waals surface area contributed by atoms with E-state index >= 15 is 0 Å². The highest BCUT2D eigenvalue weighted by molar-refractivity contribution is 7.98. The predicted octanol–water partition coefficient (Wildman–Crippen LogP) is 2.55. The van der Waals surface area contributed by atoms with Crippen LogP contribution >= 0.6 is 11.8 Å². The highest BCUT2D eigenvalue weighted by atomic mass is 32.2. The molecule has 8 nitrogen and oxygen atoms in total. The molecule has 0 unspecified atom stereocenters. The van der Waals surface area contributed by atoms with Crippen molar-refractivity contribution in [3.8, 4) is 5.82 Å². The molecule has 14 heteroatoms. The number of alkyl halides is 3. The Morgan fingerprint density at radius 3 is 2.42 bits per heavy atom. The first-order valence-electron chi connectivity index (χ1n) is 8.36. The Kier molecular flexibility index (Phi) is 5.08. The Bertz CT molecular complexity index is 1390. The average Bonchev–Trinajstić information content (AvgIpc) is 3.08. The third kappa shape index (κ3) is 3.93. The number of halogens is 5. The lowest BCUT2D eigenvalue weighted by molar-refractivity contribution is -0.137. The van der Waals surface area contributed by atoms with Crippen LogP contribution in [0.1, 0.15) is 11.1 Å². The number of thioether (sulfide) groups is 1. The van der Waals surface area contributed by atoms with Gasteiger partial charge in [0.05, 0.1) is 18.0 Å². The van der Waals surface area contributed by atoms with E-state index in [9.17, 15) is 31.5 Å². The van der Waals surface area contributed by atoms with Crippen LogP contribution in [0.15, 0.2) is 51.4 Å². The molecule has 0 bridgehead atoms. The zero-order valence-electron chi connectivity index (χ0n) is 15.0. The Morgan fingerprint density at radius 1 is 1.06 bits per heavy atom. The lowest BCUT2D eigenvalue weighted by Crippen LogP contribution is -2.28. The molecule has 0 amide bonds. The molecule has 160 valence electrons. The van der Waals surface area contributed by atoms with E-state index in [0.717, 1.165) is 36.3 Å². The monoisotopic (exact) mass is 456 g/mol. The van der Waals surface area contributed by atoms with Gasteiger partial charge in [-0.05, 0) is 17.7 Å². The van der Waals surface area contributed by atoms with E-state index in [2.05, 4.69) is 15.2 Å². The molecule has 1 N–H and O–H groups in total. The topological polar surface area (TPSA) is 97.9 Å². The number of nitrogens with zero attached hydrogens (tertiary/aromatic N) is 5. The van der Waals surface area contributed by atoms with Crippen molar-refractivity contribution in [2.75, 3.05) is 0 Å². The lowest BCUT2D eigenvalue weighted by Gasteiger charge is -2.12. The van der Waals surface area contributed by atoms with E-state index in [-0.39, 0.29) is 10.9 Å². The molecule has 0 saturated heterocycles. The smallest absolute Gasteiger partial charge is 0.294 e. The molecule has 31 heavy (non-hydrogen) atoms. The van der Waals surface area contributed by atoms with E-state index in [4.69, 9.17) is 0 Å². The Balaban J connectivity index is 1.78. The van der Waals surface area contributed by atoms with Crippen LogP contribution in [0.5, 0.6) is 0 Å². The minimum atomic E-state index is -4.49. The van der Waals surface area contributed by atoms with Crippen molar-refractivity contribution < 1.29 is 22.0 Å². The summed E-state index contributed by atoms with van der Waals surface area (Å²) in [6, 6.07) is 4.27. The second-order valence-electron chi connectivity index (χ2n) is 6.12. The maximum atomic E-state index is 14.3. The quantitative estimate of drug-likeness (QED) is 0.375. The number of rotatable bonds is 4. The fraction of sp³-hybridized carbons (Fsp3) is 0.118. The zero-order chi connectivity index (χ0) is 22.3. The van der Waals surface area contributed by atoms with E-state index < -0.39 is 46.0 Å². The van der Waals surface area contributed by atoms with Crippen LogP contribution in [-0.4, -0.2) is 29.4 Å². The molecule has 0 aliphatic carbocycles. The fourth-order valence-electron chi connectivity index (χ4n) is 2.65. The van der Waals surface area contributed by atoms with Gasteiger partial charge in [0, 0.05) is 5.75 Å². The summed E-state index contributed by atoms with van der Waals surface area (Å²) in [5.41, 5.74) is -2.87. The number of H-pyrrole nitrogens is 1. The van der Waals surface area contributed by atoms with Gasteiger partial charge in [0.1, 0.15) is 0 Å². The molecule has 1 aromatic carbocycles. The van der Waals surface area contributed by atoms with Crippen molar-refractivity contribution in [3.05, 3.63) is 80.3 Å². The fourth-order valence-corrected chi connectivity index (χ4v) is 3.57.